The Bertz CT molecular complexity index is 881. The van der Waals surface area contributed by atoms with Crippen LogP contribution in [0.15, 0.2) is 18.2 Å². The Labute approximate surface area is 168 Å². The highest BCUT2D eigenvalue weighted by atomic mass is 35.5. The molecule has 1 aliphatic heterocycles. The highest BCUT2D eigenvalue weighted by Gasteiger charge is 2.28. The summed E-state index contributed by atoms with van der Waals surface area (Å²) in [7, 11) is 0. The second-order valence-electron chi connectivity index (χ2n) is 7.46. The van der Waals surface area contributed by atoms with Crippen LogP contribution in [0.4, 0.5) is 15.0 Å². The predicted octanol–water partition coefficient (Wildman–Crippen LogP) is 3.06. The molecule has 0 fully saturated rings. The molecule has 4 N–H and O–H groups in total. The second kappa shape index (κ2) is 7.97. The van der Waals surface area contributed by atoms with Crippen LogP contribution < -0.4 is 11.1 Å². The molecule has 0 bridgehead atoms. The lowest BCUT2D eigenvalue weighted by Crippen LogP contribution is -2.41. The smallest absolute Gasteiger partial charge is 0.315 e. The molecular formula is C19H25ClFN5O2. The average Bonchev–Trinajstić information content (AvgIpc) is 3.05. The number of benzene rings is 1. The van der Waals surface area contributed by atoms with E-state index in [1.54, 1.807) is 17.0 Å². The van der Waals surface area contributed by atoms with E-state index in [1.165, 1.54) is 6.07 Å². The summed E-state index contributed by atoms with van der Waals surface area (Å²) in [6.45, 7) is 5.83. The Morgan fingerprint density at radius 2 is 2.21 bits per heavy atom. The number of aromatic nitrogens is 2. The highest BCUT2D eigenvalue weighted by molar-refractivity contribution is 6.31. The molecule has 2 heterocycles. The molecule has 2 aromatic rings. The van der Waals surface area contributed by atoms with Crippen molar-refractivity contribution in [2.24, 2.45) is 11.1 Å². The van der Waals surface area contributed by atoms with E-state index in [9.17, 15) is 14.3 Å². The van der Waals surface area contributed by atoms with Gasteiger partial charge in [-0.25, -0.2) is 9.18 Å². The predicted molar refractivity (Wildman–Crippen MR) is 107 cm³/mol. The summed E-state index contributed by atoms with van der Waals surface area (Å²) in [5.74, 6) is 0.107. The van der Waals surface area contributed by atoms with E-state index in [-0.39, 0.29) is 17.0 Å². The molecule has 1 aliphatic rings. The topological polar surface area (TPSA) is 96.4 Å². The van der Waals surface area contributed by atoms with E-state index in [2.05, 4.69) is 10.4 Å². The number of rotatable bonds is 6. The van der Waals surface area contributed by atoms with E-state index in [0.29, 0.717) is 37.6 Å². The zero-order valence-corrected chi connectivity index (χ0v) is 16.8. The number of halogens is 2. The molecule has 152 valence electrons. The minimum atomic E-state index is -0.501. The van der Waals surface area contributed by atoms with Crippen molar-refractivity contribution in [3.8, 4) is 11.1 Å². The third-order valence-corrected chi connectivity index (χ3v) is 5.71. The first-order valence-electron chi connectivity index (χ1n) is 9.22. The Morgan fingerprint density at radius 1 is 1.46 bits per heavy atom. The van der Waals surface area contributed by atoms with Crippen molar-refractivity contribution in [2.45, 2.75) is 33.4 Å². The van der Waals surface area contributed by atoms with Crippen LogP contribution >= 0.6 is 11.6 Å². The largest absolute Gasteiger partial charge is 0.396 e. The Balaban J connectivity index is 2.04. The molecule has 0 saturated carbocycles. The molecule has 7 nitrogen and oxygen atoms in total. The van der Waals surface area contributed by atoms with Crippen LogP contribution in [-0.4, -0.2) is 45.5 Å². The molecule has 0 saturated heterocycles. The van der Waals surface area contributed by atoms with Crippen LogP contribution in [0.1, 0.15) is 26.0 Å². The van der Waals surface area contributed by atoms with Crippen molar-refractivity contribution in [2.75, 3.05) is 25.0 Å². The third-order valence-electron chi connectivity index (χ3n) is 5.42. The van der Waals surface area contributed by atoms with E-state index in [1.807, 2.05) is 18.5 Å². The molecule has 1 aromatic carbocycles. The summed E-state index contributed by atoms with van der Waals surface area (Å²) in [6, 6.07) is 4.00. The first-order chi connectivity index (χ1) is 13.3. The van der Waals surface area contributed by atoms with Crippen molar-refractivity contribution in [3.63, 3.8) is 0 Å². The minimum Gasteiger partial charge on any atom is -0.396 e. The summed E-state index contributed by atoms with van der Waals surface area (Å²) in [4.78, 5) is 13.2. The Hall–Kier alpha value is -2.32. The number of nitrogens with two attached hydrogens (primary N) is 1. The fourth-order valence-electron chi connectivity index (χ4n) is 3.17. The molecule has 0 aliphatic carbocycles. The van der Waals surface area contributed by atoms with Crippen LogP contribution in [0, 0.1) is 11.2 Å². The summed E-state index contributed by atoms with van der Waals surface area (Å²) < 4.78 is 15.5. The van der Waals surface area contributed by atoms with Crippen LogP contribution in [0.5, 0.6) is 0 Å². The van der Waals surface area contributed by atoms with Crippen LogP contribution in [0.3, 0.4) is 0 Å². The number of primary amides is 1. The average molecular weight is 410 g/mol. The first-order valence-corrected chi connectivity index (χ1v) is 9.60. The number of nitrogens with one attached hydrogen (secondary N) is 1. The number of carbonyl (C=O) groups excluding carboxylic acids is 1. The van der Waals surface area contributed by atoms with Crippen molar-refractivity contribution in [1.29, 1.82) is 0 Å². The van der Waals surface area contributed by atoms with Gasteiger partial charge in [-0.3, -0.25) is 4.68 Å². The highest BCUT2D eigenvalue weighted by Crippen LogP contribution is 2.36. The SMILES string of the molecule is CCC(C)(CO)CNc1nn2c(c1-c1ccc(F)c(Cl)c1)CN(C(N)=O)CC2. The molecular weight excluding hydrogens is 385 g/mol. The van der Waals surface area contributed by atoms with Crippen molar-refractivity contribution < 1.29 is 14.3 Å². The maximum absolute atomic E-state index is 13.7. The molecule has 9 heteroatoms. The second-order valence-corrected chi connectivity index (χ2v) is 7.87. The number of hydrogen-bond donors (Lipinski definition) is 3. The third kappa shape index (κ3) is 3.93. The molecule has 1 aromatic heterocycles. The van der Waals surface area contributed by atoms with Crippen molar-refractivity contribution in [1.82, 2.24) is 14.7 Å². The van der Waals surface area contributed by atoms with Gasteiger partial charge in [-0.05, 0) is 24.1 Å². The van der Waals surface area contributed by atoms with E-state index in [4.69, 9.17) is 17.3 Å². The molecule has 3 rings (SSSR count). The molecule has 0 radical (unpaired) electrons. The number of nitrogens with zero attached hydrogens (tertiary/aromatic N) is 3. The lowest BCUT2D eigenvalue weighted by atomic mass is 9.88. The number of carbonyl (C=O) groups is 1. The molecule has 1 atom stereocenters. The fourth-order valence-corrected chi connectivity index (χ4v) is 3.35. The summed E-state index contributed by atoms with van der Waals surface area (Å²) in [6.07, 6.45) is 0.789. The number of aliphatic hydroxyl groups excluding tert-OH is 1. The number of fused-ring (bicyclic) bond motifs is 1. The zero-order valence-electron chi connectivity index (χ0n) is 16.0. The van der Waals surface area contributed by atoms with Crippen molar-refractivity contribution >= 4 is 23.4 Å². The van der Waals surface area contributed by atoms with E-state index >= 15 is 0 Å². The lowest BCUT2D eigenvalue weighted by Gasteiger charge is -2.27. The quantitative estimate of drug-likeness (QED) is 0.683. The van der Waals surface area contributed by atoms with Crippen molar-refractivity contribution in [3.05, 3.63) is 34.7 Å². The fraction of sp³-hybridized carbons (Fsp3) is 0.474. The van der Waals surface area contributed by atoms with Gasteiger partial charge in [0.1, 0.15) is 5.82 Å². The van der Waals surface area contributed by atoms with Gasteiger partial charge in [0, 0.05) is 24.1 Å². The van der Waals surface area contributed by atoms with Gasteiger partial charge in [0.2, 0.25) is 0 Å². The van der Waals surface area contributed by atoms with Gasteiger partial charge in [-0.15, -0.1) is 0 Å². The summed E-state index contributed by atoms with van der Waals surface area (Å²) in [5, 5.41) is 17.7. The van der Waals surface area contributed by atoms with E-state index in [0.717, 1.165) is 17.7 Å². The number of aliphatic hydroxyl groups is 1. The maximum Gasteiger partial charge on any atom is 0.315 e. The Morgan fingerprint density at radius 3 is 2.82 bits per heavy atom. The molecule has 0 spiro atoms. The van der Waals surface area contributed by atoms with Gasteiger partial charge in [0.05, 0.1) is 30.4 Å². The van der Waals surface area contributed by atoms with Gasteiger partial charge in [0.15, 0.2) is 5.82 Å². The molecule has 28 heavy (non-hydrogen) atoms. The lowest BCUT2D eigenvalue weighted by molar-refractivity contribution is 0.149. The number of hydrogen-bond acceptors (Lipinski definition) is 4. The zero-order chi connectivity index (χ0) is 20.5. The van der Waals surface area contributed by atoms with Gasteiger partial charge >= 0.3 is 6.03 Å². The first kappa shape index (κ1) is 20.4. The number of anilines is 1. The normalized spacial score (nSPS) is 15.8. The van der Waals surface area contributed by atoms with Crippen LogP contribution in [-0.2, 0) is 13.1 Å². The summed E-state index contributed by atoms with van der Waals surface area (Å²) >= 11 is 6.00. The maximum atomic E-state index is 13.7. The van der Waals surface area contributed by atoms with Gasteiger partial charge in [0.25, 0.3) is 0 Å². The monoisotopic (exact) mass is 409 g/mol. The molecule has 1 unspecified atom stereocenters. The molecule has 2 amide bonds. The Kier molecular flexibility index (Phi) is 5.81. The van der Waals surface area contributed by atoms with Gasteiger partial charge in [-0.2, -0.15) is 5.10 Å². The summed E-state index contributed by atoms with van der Waals surface area (Å²) in [5.41, 5.74) is 7.41. The van der Waals surface area contributed by atoms with Crippen LogP contribution in [0.2, 0.25) is 5.02 Å². The standard InChI is InChI=1S/C19H25ClFN5O2/c1-3-19(2,11-27)10-23-17-16(12-4-5-14(21)13(20)8-12)15-9-25(18(22)28)6-7-26(15)24-17/h4-5,8,27H,3,6-7,9-11H2,1-2H3,(H2,22,28)(H,23,24). The number of amides is 2. The van der Waals surface area contributed by atoms with E-state index < -0.39 is 11.8 Å². The van der Waals surface area contributed by atoms with Gasteiger partial charge < -0.3 is 21.1 Å². The number of urea groups is 1. The van der Waals surface area contributed by atoms with Crippen LogP contribution in [0.25, 0.3) is 11.1 Å². The minimum absolute atomic E-state index is 0.0136. The van der Waals surface area contributed by atoms with Gasteiger partial charge in [-0.1, -0.05) is 31.5 Å².